The summed E-state index contributed by atoms with van der Waals surface area (Å²) in [7, 11) is -9.14. The van der Waals surface area contributed by atoms with Gasteiger partial charge in [-0.2, -0.15) is 0 Å². The molecule has 6 N–H and O–H groups in total. The zero-order valence-electron chi connectivity index (χ0n) is 40.2. The van der Waals surface area contributed by atoms with Crippen LogP contribution in [0.4, 0.5) is 0 Å². The Morgan fingerprint density at radius 1 is 0.394 bits per heavy atom. The van der Waals surface area contributed by atoms with Crippen molar-refractivity contribution in [3.8, 4) is 0 Å². The number of rotatable bonds is 44. The number of esters is 4. The summed E-state index contributed by atoms with van der Waals surface area (Å²) in [6.07, 6.45) is 15.3. The molecule has 0 aliphatic rings. The number of phosphoric acid groups is 2. The van der Waals surface area contributed by atoms with E-state index in [1.54, 1.807) is 0 Å². The van der Waals surface area contributed by atoms with Gasteiger partial charge in [-0.25, -0.2) is 9.13 Å². The first-order valence-corrected chi connectivity index (χ1v) is 27.0. The van der Waals surface area contributed by atoms with Gasteiger partial charge in [0.1, 0.15) is 25.4 Å². The van der Waals surface area contributed by atoms with Gasteiger partial charge in [-0.05, 0) is 25.7 Å². The summed E-state index contributed by atoms with van der Waals surface area (Å²) >= 11 is 0. The lowest BCUT2D eigenvalue weighted by Gasteiger charge is -2.20. The van der Waals surface area contributed by atoms with E-state index in [1.807, 2.05) is 0 Å². The number of carbonyl (C=O) groups is 4. The van der Waals surface area contributed by atoms with Gasteiger partial charge >= 0.3 is 39.5 Å². The number of ether oxygens (including phenoxy) is 4. The molecule has 0 spiro atoms. The molecule has 0 heterocycles. The van der Waals surface area contributed by atoms with Crippen LogP contribution in [-0.4, -0.2) is 131 Å². The summed E-state index contributed by atoms with van der Waals surface area (Å²) in [4.78, 5) is 67.6. The third-order valence-electron chi connectivity index (χ3n) is 9.52. The summed E-state index contributed by atoms with van der Waals surface area (Å²) in [5.41, 5.74) is 0. The largest absolute Gasteiger partial charge is 0.472 e. The van der Waals surface area contributed by atoms with Crippen LogP contribution in [0.2, 0.25) is 0 Å². The van der Waals surface area contributed by atoms with Gasteiger partial charge in [0.25, 0.3) is 0 Å². The zero-order chi connectivity index (χ0) is 49.9. The highest BCUT2D eigenvalue weighted by Crippen LogP contribution is 2.44. The molecule has 22 heteroatoms. The molecular weight excluding hydrogens is 910 g/mol. The van der Waals surface area contributed by atoms with Crippen molar-refractivity contribution >= 4 is 39.5 Å². The van der Waals surface area contributed by atoms with Crippen molar-refractivity contribution in [1.29, 1.82) is 0 Å². The lowest BCUT2D eigenvalue weighted by Crippen LogP contribution is -2.29. The number of hydrogen-bond acceptors (Lipinski definition) is 18. The number of phosphoric ester groups is 2. The Morgan fingerprint density at radius 3 is 0.924 bits per heavy atom. The molecule has 0 amide bonds. The fourth-order valence-electron chi connectivity index (χ4n) is 5.62. The van der Waals surface area contributed by atoms with Crippen molar-refractivity contribution < 1.29 is 95.6 Å². The van der Waals surface area contributed by atoms with E-state index in [1.165, 1.54) is 0 Å². The number of aliphatic hydroxyl groups excluding tert-OH is 4. The maximum Gasteiger partial charge on any atom is 0.472 e. The predicted molar refractivity (Wildman–Crippen MR) is 245 cm³/mol. The topological polar surface area (TPSA) is 298 Å². The molecule has 0 fully saturated rings. The second-order valence-corrected chi connectivity index (χ2v) is 18.9. The van der Waals surface area contributed by atoms with Crippen molar-refractivity contribution in [2.45, 2.75) is 206 Å². The highest BCUT2D eigenvalue weighted by atomic mass is 31.2. The molecule has 392 valence electrons. The van der Waals surface area contributed by atoms with E-state index >= 15 is 0 Å². The molecule has 6 atom stereocenters. The molecule has 0 saturated heterocycles. The van der Waals surface area contributed by atoms with Crippen LogP contribution < -0.4 is 0 Å². The Bertz CT molecular complexity index is 1210. The van der Waals surface area contributed by atoms with Crippen LogP contribution in [0.25, 0.3) is 0 Å². The van der Waals surface area contributed by atoms with Gasteiger partial charge in [-0.15, -0.1) is 0 Å². The Morgan fingerprint density at radius 2 is 0.652 bits per heavy atom. The van der Waals surface area contributed by atoms with E-state index in [2.05, 4.69) is 36.7 Å². The van der Waals surface area contributed by atoms with Crippen LogP contribution in [0, 0.1) is 0 Å². The lowest BCUT2D eigenvalue weighted by atomic mass is 10.1. The Labute approximate surface area is 393 Å². The summed E-state index contributed by atoms with van der Waals surface area (Å²) in [6.45, 7) is 4.20. The molecule has 0 aromatic carbocycles. The van der Waals surface area contributed by atoms with E-state index in [4.69, 9.17) is 38.2 Å². The molecule has 4 unspecified atom stereocenters. The molecule has 0 aromatic rings. The van der Waals surface area contributed by atoms with E-state index in [9.17, 15) is 48.3 Å². The minimum Gasteiger partial charge on any atom is -0.462 e. The van der Waals surface area contributed by atoms with Gasteiger partial charge in [0, 0.05) is 25.7 Å². The number of carbonyl (C=O) groups excluding carboxylic acids is 4. The van der Waals surface area contributed by atoms with Crippen molar-refractivity contribution in [2.24, 2.45) is 0 Å². The average molecular weight is 997 g/mol. The van der Waals surface area contributed by atoms with Gasteiger partial charge in [0.2, 0.25) is 0 Å². The Kier molecular flexibility index (Phi) is 44.2. The first kappa shape index (κ1) is 66.0. The molecule has 0 rings (SSSR count). The van der Waals surface area contributed by atoms with Crippen LogP contribution in [0.1, 0.15) is 182 Å². The van der Waals surface area contributed by atoms with E-state index < -0.39 is 104 Å². The third-order valence-corrected chi connectivity index (χ3v) is 11.4. The van der Waals surface area contributed by atoms with E-state index in [-0.39, 0.29) is 38.9 Å². The predicted octanol–water partition coefficient (Wildman–Crippen LogP) is 7.30. The molecule has 0 saturated carbocycles. The summed E-state index contributed by atoms with van der Waals surface area (Å²) in [6, 6.07) is 0. The summed E-state index contributed by atoms with van der Waals surface area (Å²) in [5.74, 6) is -1.91. The number of hydrogen-bond donors (Lipinski definition) is 6. The first-order valence-electron chi connectivity index (χ1n) is 24.0. The van der Waals surface area contributed by atoms with Gasteiger partial charge in [0.15, 0.2) is 12.2 Å². The van der Waals surface area contributed by atoms with Gasteiger partial charge < -0.3 is 49.2 Å². The van der Waals surface area contributed by atoms with Crippen molar-refractivity contribution in [3.05, 3.63) is 0 Å². The fourth-order valence-corrected chi connectivity index (χ4v) is 7.20. The maximum absolute atomic E-state index is 12.1. The summed E-state index contributed by atoms with van der Waals surface area (Å²) in [5, 5.41) is 35.9. The molecule has 0 aromatic heterocycles. The zero-order valence-corrected chi connectivity index (χ0v) is 42.0. The quantitative estimate of drug-likeness (QED) is 0.0151. The van der Waals surface area contributed by atoms with Crippen LogP contribution in [0.3, 0.4) is 0 Å². The highest BCUT2D eigenvalue weighted by Gasteiger charge is 2.28. The molecule has 20 nitrogen and oxygen atoms in total. The van der Waals surface area contributed by atoms with Gasteiger partial charge in [-0.3, -0.25) is 37.3 Å². The lowest BCUT2D eigenvalue weighted by molar-refractivity contribution is -0.161. The SMILES string of the molecule is CCCCCCCC(=O)OC[C@H](COP(=O)(O)OCC(O)CO)OC(=O)CCCCCCC.CCCCCCCC(=O)OC[C@H](COP(=O)(O)OCC(O)CO)OC(=O)CCCCCCC. The third kappa shape index (κ3) is 44.4. The monoisotopic (exact) mass is 997 g/mol. The minimum absolute atomic E-state index is 0.182. The second-order valence-electron chi connectivity index (χ2n) is 16.0. The van der Waals surface area contributed by atoms with Crippen LogP contribution in [-0.2, 0) is 65.4 Å². The summed E-state index contributed by atoms with van der Waals surface area (Å²) < 4.78 is 63.6. The van der Waals surface area contributed by atoms with E-state index in [0.717, 1.165) is 103 Å². The normalized spacial score (nSPS) is 14.9. The standard InChI is InChI=1S/2C22H43O10P/c2*1-3-5-7-9-11-13-21(25)29-17-20(32-22(26)14-12-10-8-6-4-2)18-31-33(27,28)30-16-19(24)15-23/h2*19-20,23-24H,3-18H2,1-2H3,(H,27,28)/t2*19?,20-/m11/s1. The molecule has 0 aliphatic heterocycles. The maximum atomic E-state index is 12.1. The molecule has 0 aliphatic carbocycles. The van der Waals surface area contributed by atoms with Gasteiger partial charge in [0.05, 0.1) is 39.6 Å². The van der Waals surface area contributed by atoms with Crippen LogP contribution >= 0.6 is 15.6 Å². The van der Waals surface area contributed by atoms with Crippen molar-refractivity contribution in [3.63, 3.8) is 0 Å². The smallest absolute Gasteiger partial charge is 0.462 e. The first-order chi connectivity index (χ1) is 31.5. The highest BCUT2D eigenvalue weighted by molar-refractivity contribution is 7.47. The van der Waals surface area contributed by atoms with Crippen molar-refractivity contribution in [1.82, 2.24) is 0 Å². The Hall–Kier alpha value is -2.06. The van der Waals surface area contributed by atoms with E-state index in [0.29, 0.717) is 25.7 Å². The molecule has 66 heavy (non-hydrogen) atoms. The fraction of sp³-hybridized carbons (Fsp3) is 0.909. The number of aliphatic hydroxyl groups is 4. The molecule has 0 radical (unpaired) electrons. The van der Waals surface area contributed by atoms with Crippen LogP contribution in [0.5, 0.6) is 0 Å². The number of unbranched alkanes of at least 4 members (excludes halogenated alkanes) is 16. The second kappa shape index (κ2) is 44.2. The molecular formula is C44H86O20P2. The minimum atomic E-state index is -4.57. The molecule has 0 bridgehead atoms. The average Bonchev–Trinajstić information content (AvgIpc) is 3.29. The van der Waals surface area contributed by atoms with Crippen molar-refractivity contribution in [2.75, 3.05) is 52.9 Å². The Balaban J connectivity index is 0. The van der Waals surface area contributed by atoms with Crippen LogP contribution in [0.15, 0.2) is 0 Å². The van der Waals surface area contributed by atoms with Gasteiger partial charge in [-0.1, -0.05) is 130 Å².